The molecule has 0 amide bonds. The second-order valence-electron chi connectivity index (χ2n) is 5.36. The van der Waals surface area contributed by atoms with E-state index >= 15 is 0 Å². The van der Waals surface area contributed by atoms with Gasteiger partial charge in [-0.15, -0.1) is 0 Å². The van der Waals surface area contributed by atoms with E-state index < -0.39 is 5.69 Å². The molecule has 0 aliphatic carbocycles. The van der Waals surface area contributed by atoms with Crippen LogP contribution in [0.25, 0.3) is 0 Å². The standard InChI is InChI=1S/C18H23O4PS2/c1-15-7-3-5-9-17(15)19-11-13-21-23(24,25)22-14-12-20-18-10-6-4-8-16(18)2/h3-10H,11-14H2,1-2H3,(H,24,25). The highest BCUT2D eigenvalue weighted by Gasteiger charge is 2.13. The van der Waals surface area contributed by atoms with Crippen LogP contribution in [0.3, 0.4) is 0 Å². The zero-order chi connectivity index (χ0) is 18.1. The third-order valence-electron chi connectivity index (χ3n) is 3.38. The van der Waals surface area contributed by atoms with E-state index in [0.29, 0.717) is 26.4 Å². The molecule has 4 nitrogen and oxygen atoms in total. The Balaban J connectivity index is 1.63. The maximum Gasteiger partial charge on any atom is 0.244 e. The maximum atomic E-state index is 5.66. The maximum absolute atomic E-state index is 5.66. The largest absolute Gasteiger partial charge is 0.491 e. The summed E-state index contributed by atoms with van der Waals surface area (Å²) in [6.07, 6.45) is 0. The molecule has 0 spiro atoms. The normalized spacial score (nSPS) is 11.3. The van der Waals surface area contributed by atoms with Crippen molar-refractivity contribution in [2.75, 3.05) is 26.4 Å². The fourth-order valence-corrected chi connectivity index (χ4v) is 3.70. The molecule has 7 heteroatoms. The zero-order valence-corrected chi connectivity index (χ0v) is 17.0. The molecular formula is C18H23O4PS2. The van der Waals surface area contributed by atoms with Crippen LogP contribution >= 0.6 is 17.9 Å². The molecule has 0 radical (unpaired) electrons. The van der Waals surface area contributed by atoms with Crippen LogP contribution in [0.2, 0.25) is 0 Å². The lowest BCUT2D eigenvalue weighted by Gasteiger charge is -2.17. The fourth-order valence-electron chi connectivity index (χ4n) is 2.08. The molecular weight excluding hydrogens is 375 g/mol. The number of aryl methyl sites for hydroxylation is 2. The smallest absolute Gasteiger partial charge is 0.244 e. The minimum atomic E-state index is -2.59. The van der Waals surface area contributed by atoms with Crippen LogP contribution in [-0.2, 0) is 20.9 Å². The Kier molecular flexibility index (Phi) is 8.27. The van der Waals surface area contributed by atoms with Crippen molar-refractivity contribution in [3.63, 3.8) is 0 Å². The van der Waals surface area contributed by atoms with Crippen LogP contribution in [0.4, 0.5) is 0 Å². The monoisotopic (exact) mass is 398 g/mol. The van der Waals surface area contributed by atoms with Crippen molar-refractivity contribution in [3.8, 4) is 11.5 Å². The van der Waals surface area contributed by atoms with E-state index in [1.807, 2.05) is 62.4 Å². The molecule has 0 heterocycles. The predicted molar refractivity (Wildman–Crippen MR) is 109 cm³/mol. The van der Waals surface area contributed by atoms with Crippen LogP contribution < -0.4 is 9.47 Å². The van der Waals surface area contributed by atoms with Crippen molar-refractivity contribution in [3.05, 3.63) is 59.7 Å². The average molecular weight is 398 g/mol. The van der Waals surface area contributed by atoms with E-state index in [-0.39, 0.29) is 0 Å². The van der Waals surface area contributed by atoms with Gasteiger partial charge in [0, 0.05) is 0 Å². The highest BCUT2D eigenvalue weighted by Crippen LogP contribution is 2.53. The molecule has 0 aromatic heterocycles. The number of rotatable bonds is 10. The van der Waals surface area contributed by atoms with Gasteiger partial charge in [0.1, 0.15) is 24.7 Å². The van der Waals surface area contributed by atoms with Gasteiger partial charge in [-0.2, -0.15) is 0 Å². The summed E-state index contributed by atoms with van der Waals surface area (Å²) in [6.45, 7) is 5.44. The van der Waals surface area contributed by atoms with Crippen LogP contribution in [0.5, 0.6) is 11.5 Å². The van der Waals surface area contributed by atoms with Crippen molar-refractivity contribution in [2.45, 2.75) is 13.8 Å². The van der Waals surface area contributed by atoms with E-state index in [1.165, 1.54) is 0 Å². The lowest BCUT2D eigenvalue weighted by atomic mass is 10.2. The highest BCUT2D eigenvalue weighted by molar-refractivity contribution is 8.60. The van der Waals surface area contributed by atoms with Gasteiger partial charge in [0.05, 0.1) is 13.2 Å². The molecule has 0 bridgehead atoms. The van der Waals surface area contributed by atoms with Crippen LogP contribution in [0.1, 0.15) is 11.1 Å². The van der Waals surface area contributed by atoms with Crippen LogP contribution in [0, 0.1) is 13.8 Å². The molecule has 0 atom stereocenters. The summed E-state index contributed by atoms with van der Waals surface area (Å²) in [6, 6.07) is 15.6. The quantitative estimate of drug-likeness (QED) is 0.348. The minimum Gasteiger partial charge on any atom is -0.491 e. The second kappa shape index (κ2) is 10.2. The summed E-state index contributed by atoms with van der Waals surface area (Å²) in [5, 5.41) is 0. The van der Waals surface area contributed by atoms with Gasteiger partial charge in [-0.3, -0.25) is 0 Å². The van der Waals surface area contributed by atoms with Gasteiger partial charge in [-0.1, -0.05) is 48.6 Å². The Morgan fingerprint density at radius 2 is 1.16 bits per heavy atom. The summed E-state index contributed by atoms with van der Waals surface area (Å²) in [4.78, 5) is 0. The molecule has 0 aliphatic rings. The molecule has 2 rings (SSSR count). The molecule has 0 fully saturated rings. The lowest BCUT2D eigenvalue weighted by Crippen LogP contribution is -2.09. The minimum absolute atomic E-state index is 0.327. The first-order chi connectivity index (χ1) is 12.0. The molecule has 0 saturated heterocycles. The first-order valence-corrected chi connectivity index (χ1v) is 11.8. The fraction of sp³-hybridized carbons (Fsp3) is 0.333. The number of ether oxygens (including phenoxy) is 2. The van der Waals surface area contributed by atoms with Gasteiger partial charge in [0.25, 0.3) is 0 Å². The van der Waals surface area contributed by atoms with Gasteiger partial charge < -0.3 is 18.5 Å². The number of para-hydroxylation sites is 2. The summed E-state index contributed by atoms with van der Waals surface area (Å²) >= 11 is 9.59. The van der Waals surface area contributed by atoms with Gasteiger partial charge >= 0.3 is 0 Å². The number of hydrogen-bond acceptors (Lipinski definition) is 5. The molecule has 2 aromatic carbocycles. The van der Waals surface area contributed by atoms with Gasteiger partial charge in [0.15, 0.2) is 0 Å². The van der Waals surface area contributed by atoms with Gasteiger partial charge in [0.2, 0.25) is 5.69 Å². The lowest BCUT2D eigenvalue weighted by molar-refractivity contribution is 0.182. The third kappa shape index (κ3) is 7.38. The van der Waals surface area contributed by atoms with Crippen molar-refractivity contribution in [1.82, 2.24) is 0 Å². The molecule has 0 N–H and O–H groups in total. The van der Waals surface area contributed by atoms with Gasteiger partial charge in [-0.05, 0) is 48.9 Å². The Labute approximate surface area is 159 Å². The summed E-state index contributed by atoms with van der Waals surface area (Å²) in [5.74, 6) is 1.68. The summed E-state index contributed by atoms with van der Waals surface area (Å²) in [7, 11) is 0. The number of thiol groups is 1. The summed E-state index contributed by atoms with van der Waals surface area (Å²) in [5.41, 5.74) is -0.429. The molecule has 136 valence electrons. The van der Waals surface area contributed by atoms with E-state index in [9.17, 15) is 0 Å². The van der Waals surface area contributed by atoms with Crippen molar-refractivity contribution in [1.29, 1.82) is 0 Å². The summed E-state index contributed by atoms with van der Waals surface area (Å²) < 4.78 is 22.4. The molecule has 0 unspecified atom stereocenters. The average Bonchev–Trinajstić information content (AvgIpc) is 2.58. The second-order valence-corrected chi connectivity index (χ2v) is 10.7. The highest BCUT2D eigenvalue weighted by atomic mass is 32.9. The van der Waals surface area contributed by atoms with Crippen molar-refractivity contribution >= 4 is 29.7 Å². The van der Waals surface area contributed by atoms with E-state index in [4.69, 9.17) is 30.3 Å². The van der Waals surface area contributed by atoms with Crippen molar-refractivity contribution < 1.29 is 18.5 Å². The Bertz CT molecular complexity index is 666. The number of hydrogen-bond donors (Lipinski definition) is 1. The molecule has 0 aliphatic heterocycles. The topological polar surface area (TPSA) is 36.9 Å². The first kappa shape index (κ1) is 20.3. The molecule has 25 heavy (non-hydrogen) atoms. The van der Waals surface area contributed by atoms with E-state index in [1.54, 1.807) is 0 Å². The Hall–Kier alpha value is -1.04. The number of benzene rings is 2. The van der Waals surface area contributed by atoms with Crippen LogP contribution in [-0.4, -0.2) is 26.4 Å². The first-order valence-electron chi connectivity index (χ1n) is 7.97. The van der Waals surface area contributed by atoms with E-state index in [0.717, 1.165) is 22.6 Å². The van der Waals surface area contributed by atoms with Crippen LogP contribution in [0.15, 0.2) is 48.5 Å². The predicted octanol–water partition coefficient (Wildman–Crippen LogP) is 4.95. The SMILES string of the molecule is Cc1ccccc1OCCOP(=S)(S)OCCOc1ccccc1C. The van der Waals surface area contributed by atoms with E-state index in [2.05, 4.69) is 12.2 Å². The van der Waals surface area contributed by atoms with Gasteiger partial charge in [-0.25, -0.2) is 0 Å². The Morgan fingerprint density at radius 3 is 1.56 bits per heavy atom. The third-order valence-corrected chi connectivity index (χ3v) is 5.72. The van der Waals surface area contributed by atoms with Crippen molar-refractivity contribution in [2.24, 2.45) is 0 Å². The molecule has 0 saturated carbocycles. The Morgan fingerprint density at radius 1 is 0.760 bits per heavy atom. The zero-order valence-electron chi connectivity index (χ0n) is 14.4. The molecule has 2 aromatic rings.